The third kappa shape index (κ3) is 3.72. The fraction of sp³-hybridized carbons (Fsp3) is 0.579. The standard InChI is InChI=1S/C19H26N2O2S/c1-12(2)11-16(22)21-9-7-15(8-10-21)23-19-20-17-13(3)5-6-14(4)18(17)24-19/h5-6,12,15H,7-11H2,1-4H3. The number of hydrogen-bond acceptors (Lipinski definition) is 4. The molecular weight excluding hydrogens is 320 g/mol. The summed E-state index contributed by atoms with van der Waals surface area (Å²) < 4.78 is 7.35. The zero-order valence-corrected chi connectivity index (χ0v) is 15.8. The molecule has 0 spiro atoms. The smallest absolute Gasteiger partial charge is 0.274 e. The topological polar surface area (TPSA) is 42.4 Å². The number of rotatable bonds is 4. The fourth-order valence-electron chi connectivity index (χ4n) is 3.13. The molecule has 1 aromatic heterocycles. The molecule has 0 aliphatic carbocycles. The van der Waals surface area contributed by atoms with Crippen molar-refractivity contribution in [2.45, 2.75) is 53.1 Å². The number of thiazole rings is 1. The normalized spacial score (nSPS) is 16.1. The van der Waals surface area contributed by atoms with Crippen molar-refractivity contribution in [3.05, 3.63) is 23.3 Å². The van der Waals surface area contributed by atoms with Gasteiger partial charge in [-0.2, -0.15) is 0 Å². The minimum Gasteiger partial charge on any atom is -0.467 e. The van der Waals surface area contributed by atoms with E-state index in [1.165, 1.54) is 15.8 Å². The van der Waals surface area contributed by atoms with Crippen LogP contribution < -0.4 is 4.74 Å². The van der Waals surface area contributed by atoms with Gasteiger partial charge in [-0.15, -0.1) is 0 Å². The van der Waals surface area contributed by atoms with Gasteiger partial charge in [-0.1, -0.05) is 37.3 Å². The molecule has 1 aliphatic heterocycles. The average molecular weight is 346 g/mol. The van der Waals surface area contributed by atoms with E-state index in [1.807, 2.05) is 4.90 Å². The maximum Gasteiger partial charge on any atom is 0.274 e. The Morgan fingerprint density at radius 2 is 1.96 bits per heavy atom. The predicted molar refractivity (Wildman–Crippen MR) is 98.8 cm³/mol. The number of carbonyl (C=O) groups excluding carboxylic acids is 1. The molecule has 3 rings (SSSR count). The van der Waals surface area contributed by atoms with Crippen LogP contribution in [-0.4, -0.2) is 35.0 Å². The first-order valence-electron chi connectivity index (χ1n) is 8.75. The molecular formula is C19H26N2O2S. The van der Waals surface area contributed by atoms with Gasteiger partial charge >= 0.3 is 0 Å². The number of likely N-dealkylation sites (tertiary alicyclic amines) is 1. The summed E-state index contributed by atoms with van der Waals surface area (Å²) >= 11 is 1.63. The summed E-state index contributed by atoms with van der Waals surface area (Å²) in [5, 5.41) is 0.759. The Kier molecular flexibility index (Phi) is 5.09. The number of hydrogen-bond donors (Lipinski definition) is 0. The van der Waals surface area contributed by atoms with Crippen LogP contribution in [-0.2, 0) is 4.79 Å². The van der Waals surface area contributed by atoms with Gasteiger partial charge in [0.25, 0.3) is 5.19 Å². The largest absolute Gasteiger partial charge is 0.467 e. The van der Waals surface area contributed by atoms with E-state index in [9.17, 15) is 4.79 Å². The molecule has 2 aromatic rings. The Bertz CT molecular complexity index is 691. The predicted octanol–water partition coefficient (Wildman–Crippen LogP) is 4.33. The second-order valence-corrected chi connectivity index (χ2v) is 8.11. The molecule has 1 saturated heterocycles. The molecule has 1 aromatic carbocycles. The third-order valence-electron chi connectivity index (χ3n) is 4.57. The molecule has 0 N–H and O–H groups in total. The molecule has 1 amide bonds. The van der Waals surface area contributed by atoms with Crippen molar-refractivity contribution >= 4 is 27.5 Å². The van der Waals surface area contributed by atoms with Crippen LogP contribution in [0.25, 0.3) is 10.2 Å². The number of piperidine rings is 1. The van der Waals surface area contributed by atoms with E-state index in [4.69, 9.17) is 4.74 Å². The molecule has 0 bridgehead atoms. The van der Waals surface area contributed by atoms with Gasteiger partial charge in [0.1, 0.15) is 6.10 Å². The van der Waals surface area contributed by atoms with Crippen molar-refractivity contribution in [3.8, 4) is 5.19 Å². The molecule has 0 radical (unpaired) electrons. The van der Waals surface area contributed by atoms with E-state index in [0.717, 1.165) is 36.6 Å². The molecule has 0 unspecified atom stereocenters. The van der Waals surface area contributed by atoms with E-state index in [-0.39, 0.29) is 12.0 Å². The van der Waals surface area contributed by atoms with Crippen molar-refractivity contribution in [1.82, 2.24) is 9.88 Å². The number of carbonyl (C=O) groups is 1. The number of aryl methyl sites for hydroxylation is 2. The van der Waals surface area contributed by atoms with E-state index in [1.54, 1.807) is 11.3 Å². The summed E-state index contributed by atoms with van der Waals surface area (Å²) in [6.45, 7) is 9.96. The van der Waals surface area contributed by atoms with Gasteiger partial charge in [-0.3, -0.25) is 4.79 Å². The molecule has 2 heterocycles. The Morgan fingerprint density at radius 3 is 2.58 bits per heavy atom. The van der Waals surface area contributed by atoms with E-state index >= 15 is 0 Å². The van der Waals surface area contributed by atoms with Crippen LogP contribution in [0.15, 0.2) is 12.1 Å². The average Bonchev–Trinajstić information content (AvgIpc) is 2.96. The summed E-state index contributed by atoms with van der Waals surface area (Å²) in [4.78, 5) is 18.8. The minimum atomic E-state index is 0.161. The van der Waals surface area contributed by atoms with Crippen molar-refractivity contribution in [2.75, 3.05) is 13.1 Å². The first-order valence-corrected chi connectivity index (χ1v) is 9.57. The highest BCUT2D eigenvalue weighted by molar-refractivity contribution is 7.20. The third-order valence-corrected chi connectivity index (χ3v) is 5.65. The highest BCUT2D eigenvalue weighted by Gasteiger charge is 2.25. The van der Waals surface area contributed by atoms with E-state index < -0.39 is 0 Å². The number of aromatic nitrogens is 1. The lowest BCUT2D eigenvalue weighted by Crippen LogP contribution is -2.42. The summed E-state index contributed by atoms with van der Waals surface area (Å²) in [5.74, 6) is 0.690. The molecule has 0 saturated carbocycles. The highest BCUT2D eigenvalue weighted by Crippen LogP contribution is 2.33. The van der Waals surface area contributed by atoms with E-state index in [0.29, 0.717) is 12.3 Å². The Balaban J connectivity index is 1.61. The SMILES string of the molecule is Cc1ccc(C)c2sc(OC3CCN(C(=O)CC(C)C)CC3)nc12. The number of nitrogens with zero attached hydrogens (tertiary/aromatic N) is 2. The van der Waals surface area contributed by atoms with Crippen LogP contribution in [0.2, 0.25) is 0 Å². The summed E-state index contributed by atoms with van der Waals surface area (Å²) in [5.41, 5.74) is 3.49. The molecule has 1 aliphatic rings. The van der Waals surface area contributed by atoms with E-state index in [2.05, 4.69) is 44.8 Å². The van der Waals surface area contributed by atoms with Gasteiger partial charge in [0.15, 0.2) is 0 Å². The van der Waals surface area contributed by atoms with Gasteiger partial charge in [0.05, 0.1) is 10.2 Å². The van der Waals surface area contributed by atoms with Gasteiger partial charge in [-0.25, -0.2) is 4.98 Å². The number of benzene rings is 1. The monoisotopic (exact) mass is 346 g/mol. The second kappa shape index (κ2) is 7.09. The minimum absolute atomic E-state index is 0.161. The summed E-state index contributed by atoms with van der Waals surface area (Å²) in [6, 6.07) is 4.25. The van der Waals surface area contributed by atoms with Crippen LogP contribution >= 0.6 is 11.3 Å². The van der Waals surface area contributed by atoms with Gasteiger partial charge in [-0.05, 0) is 30.9 Å². The molecule has 1 fully saturated rings. The lowest BCUT2D eigenvalue weighted by atomic mass is 10.1. The van der Waals surface area contributed by atoms with Crippen molar-refractivity contribution in [3.63, 3.8) is 0 Å². The Morgan fingerprint density at radius 1 is 1.29 bits per heavy atom. The number of amides is 1. The maximum absolute atomic E-state index is 12.1. The fourth-order valence-corrected chi connectivity index (χ4v) is 4.16. The molecule has 0 atom stereocenters. The highest BCUT2D eigenvalue weighted by atomic mass is 32.1. The first kappa shape index (κ1) is 17.2. The van der Waals surface area contributed by atoms with Gasteiger partial charge in [0.2, 0.25) is 5.91 Å². The lowest BCUT2D eigenvalue weighted by Gasteiger charge is -2.32. The second-order valence-electron chi connectivity index (χ2n) is 7.15. The van der Waals surface area contributed by atoms with Gasteiger partial charge < -0.3 is 9.64 Å². The summed E-state index contributed by atoms with van der Waals surface area (Å²) in [7, 11) is 0. The van der Waals surface area contributed by atoms with Crippen LogP contribution in [0.4, 0.5) is 0 Å². The number of ether oxygens (including phenoxy) is 1. The van der Waals surface area contributed by atoms with Crippen molar-refractivity contribution in [1.29, 1.82) is 0 Å². The van der Waals surface area contributed by atoms with Crippen LogP contribution in [0.3, 0.4) is 0 Å². The zero-order chi connectivity index (χ0) is 17.3. The molecule has 5 heteroatoms. The van der Waals surface area contributed by atoms with Gasteiger partial charge in [0, 0.05) is 32.4 Å². The van der Waals surface area contributed by atoms with Crippen LogP contribution in [0.1, 0.15) is 44.2 Å². The van der Waals surface area contributed by atoms with Crippen LogP contribution in [0.5, 0.6) is 5.19 Å². The number of fused-ring (bicyclic) bond motifs is 1. The molecule has 130 valence electrons. The Labute approximate surface area is 147 Å². The Hall–Kier alpha value is -1.62. The lowest BCUT2D eigenvalue weighted by molar-refractivity contribution is -0.133. The molecule has 4 nitrogen and oxygen atoms in total. The van der Waals surface area contributed by atoms with Crippen molar-refractivity contribution in [2.24, 2.45) is 5.92 Å². The maximum atomic E-state index is 12.1. The zero-order valence-electron chi connectivity index (χ0n) is 15.0. The van der Waals surface area contributed by atoms with Crippen LogP contribution in [0, 0.1) is 19.8 Å². The summed E-state index contributed by atoms with van der Waals surface area (Å²) in [6.07, 6.45) is 2.58. The first-order chi connectivity index (χ1) is 11.4. The van der Waals surface area contributed by atoms with Crippen molar-refractivity contribution < 1.29 is 9.53 Å². The quantitative estimate of drug-likeness (QED) is 0.827. The molecule has 24 heavy (non-hydrogen) atoms.